The Balaban J connectivity index is 2.23. The fourth-order valence-electron chi connectivity index (χ4n) is 2.68. The van der Waals surface area contributed by atoms with Crippen LogP contribution in [-0.4, -0.2) is 39.2 Å². The number of rotatable bonds is 4. The van der Waals surface area contributed by atoms with Crippen LogP contribution >= 0.6 is 0 Å². The molecule has 1 aliphatic heterocycles. The molecule has 1 aromatic rings. The normalized spacial score (nSPS) is 20.1. The third-order valence-electron chi connectivity index (χ3n) is 3.53. The van der Waals surface area contributed by atoms with Crippen LogP contribution in [0.25, 0.3) is 0 Å². The fourth-order valence-corrected chi connectivity index (χ4v) is 2.68. The van der Waals surface area contributed by atoms with E-state index >= 15 is 0 Å². The second-order valence-electron chi connectivity index (χ2n) is 5.36. The second kappa shape index (κ2) is 6.21. The quantitative estimate of drug-likeness (QED) is 0.884. The first kappa shape index (κ1) is 13.4. The predicted molar refractivity (Wildman–Crippen MR) is 75.2 cm³/mol. The Bertz CT molecular complexity index is 384. The number of ether oxygens (including phenoxy) is 1. The van der Waals surface area contributed by atoms with Crippen LogP contribution in [0.3, 0.4) is 0 Å². The number of hydrogen-bond acceptors (Lipinski definition) is 3. The van der Waals surface area contributed by atoms with Crippen molar-refractivity contribution < 1.29 is 4.74 Å². The summed E-state index contributed by atoms with van der Waals surface area (Å²) >= 11 is 0. The largest absolute Gasteiger partial charge is 0.496 e. The molecule has 2 rings (SSSR count). The maximum Gasteiger partial charge on any atom is 0.122 e. The molecule has 100 valence electrons. The van der Waals surface area contributed by atoms with Gasteiger partial charge in [0.15, 0.2) is 0 Å². The van der Waals surface area contributed by atoms with Crippen LogP contribution in [0.4, 0.5) is 0 Å². The third-order valence-corrected chi connectivity index (χ3v) is 3.53. The van der Waals surface area contributed by atoms with Gasteiger partial charge in [-0.25, -0.2) is 0 Å². The van der Waals surface area contributed by atoms with E-state index in [0.29, 0.717) is 5.92 Å². The molecule has 0 radical (unpaired) electrons. The monoisotopic (exact) mass is 248 g/mol. The Morgan fingerprint density at radius 2 is 2.22 bits per heavy atom. The first-order valence-electron chi connectivity index (χ1n) is 6.73. The van der Waals surface area contributed by atoms with Crippen molar-refractivity contribution in [3.05, 3.63) is 29.3 Å². The lowest BCUT2D eigenvalue weighted by Gasteiger charge is -2.25. The molecule has 0 aromatic heterocycles. The van der Waals surface area contributed by atoms with Crippen molar-refractivity contribution in [2.45, 2.75) is 25.3 Å². The van der Waals surface area contributed by atoms with Gasteiger partial charge in [-0.2, -0.15) is 0 Å². The van der Waals surface area contributed by atoms with Crippen molar-refractivity contribution in [1.29, 1.82) is 0 Å². The smallest absolute Gasteiger partial charge is 0.122 e. The molecule has 1 unspecified atom stereocenters. The SMILES string of the molecule is COc1ccc(CN(C)C)cc1C1CCCNC1. The lowest BCUT2D eigenvalue weighted by molar-refractivity contribution is 0.387. The summed E-state index contributed by atoms with van der Waals surface area (Å²) in [6, 6.07) is 6.60. The number of nitrogens with one attached hydrogen (secondary N) is 1. The van der Waals surface area contributed by atoms with E-state index < -0.39 is 0 Å². The Morgan fingerprint density at radius 3 is 2.83 bits per heavy atom. The van der Waals surface area contributed by atoms with Crippen LogP contribution < -0.4 is 10.1 Å². The van der Waals surface area contributed by atoms with Crippen molar-refractivity contribution in [2.75, 3.05) is 34.3 Å². The Labute approximate surface area is 110 Å². The maximum atomic E-state index is 5.52. The highest BCUT2D eigenvalue weighted by atomic mass is 16.5. The van der Waals surface area contributed by atoms with Crippen molar-refractivity contribution in [3.63, 3.8) is 0 Å². The minimum absolute atomic E-state index is 0.593. The maximum absolute atomic E-state index is 5.52. The number of nitrogens with zero attached hydrogens (tertiary/aromatic N) is 1. The highest BCUT2D eigenvalue weighted by molar-refractivity contribution is 5.40. The third kappa shape index (κ3) is 3.24. The van der Waals surface area contributed by atoms with Crippen molar-refractivity contribution in [2.24, 2.45) is 0 Å². The molecule has 3 nitrogen and oxygen atoms in total. The van der Waals surface area contributed by atoms with Crippen LogP contribution in [0.5, 0.6) is 5.75 Å². The van der Waals surface area contributed by atoms with Gasteiger partial charge in [-0.1, -0.05) is 12.1 Å². The molecule has 1 aromatic carbocycles. The molecule has 0 amide bonds. The summed E-state index contributed by atoms with van der Waals surface area (Å²) in [4.78, 5) is 2.20. The summed E-state index contributed by atoms with van der Waals surface area (Å²) in [7, 11) is 5.97. The van der Waals surface area contributed by atoms with Crippen molar-refractivity contribution in [1.82, 2.24) is 10.2 Å². The fraction of sp³-hybridized carbons (Fsp3) is 0.600. The molecule has 1 saturated heterocycles. The molecule has 3 heteroatoms. The van der Waals surface area contributed by atoms with E-state index in [9.17, 15) is 0 Å². The molecule has 18 heavy (non-hydrogen) atoms. The summed E-state index contributed by atoms with van der Waals surface area (Å²) < 4.78 is 5.52. The van der Waals surface area contributed by atoms with Gasteiger partial charge < -0.3 is 15.0 Å². The lowest BCUT2D eigenvalue weighted by atomic mass is 9.90. The van der Waals surface area contributed by atoms with Crippen LogP contribution in [-0.2, 0) is 6.54 Å². The molecule has 1 aliphatic rings. The molecule has 0 spiro atoms. The van der Waals surface area contributed by atoms with Crippen LogP contribution in [0, 0.1) is 0 Å². The van der Waals surface area contributed by atoms with E-state index in [1.54, 1.807) is 7.11 Å². The van der Waals surface area contributed by atoms with E-state index in [0.717, 1.165) is 25.4 Å². The average Bonchev–Trinajstić information content (AvgIpc) is 2.39. The van der Waals surface area contributed by atoms with Crippen LogP contribution in [0.1, 0.15) is 29.9 Å². The highest BCUT2D eigenvalue weighted by Crippen LogP contribution is 2.32. The summed E-state index contributed by atoms with van der Waals surface area (Å²) in [6.07, 6.45) is 2.51. The topological polar surface area (TPSA) is 24.5 Å². The van der Waals surface area contributed by atoms with Gasteiger partial charge in [0.25, 0.3) is 0 Å². The van der Waals surface area contributed by atoms with Gasteiger partial charge in [-0.05, 0) is 50.7 Å². The zero-order chi connectivity index (χ0) is 13.0. The molecule has 1 N–H and O–H groups in total. The van der Waals surface area contributed by atoms with Gasteiger partial charge in [-0.15, -0.1) is 0 Å². The van der Waals surface area contributed by atoms with Gasteiger partial charge in [-0.3, -0.25) is 0 Å². The molecule has 0 aliphatic carbocycles. The van der Waals surface area contributed by atoms with E-state index in [2.05, 4.69) is 42.5 Å². The van der Waals surface area contributed by atoms with Crippen molar-refractivity contribution >= 4 is 0 Å². The Morgan fingerprint density at radius 1 is 1.39 bits per heavy atom. The molecule has 1 atom stereocenters. The van der Waals surface area contributed by atoms with Gasteiger partial charge in [0.05, 0.1) is 7.11 Å². The zero-order valence-corrected chi connectivity index (χ0v) is 11.7. The van der Waals surface area contributed by atoms with E-state index in [-0.39, 0.29) is 0 Å². The summed E-state index contributed by atoms with van der Waals surface area (Å²) in [5.41, 5.74) is 2.73. The van der Waals surface area contributed by atoms with Gasteiger partial charge in [0.1, 0.15) is 5.75 Å². The van der Waals surface area contributed by atoms with E-state index in [1.807, 2.05) is 0 Å². The molecular formula is C15H24N2O. The minimum Gasteiger partial charge on any atom is -0.496 e. The molecule has 0 saturated carbocycles. The molecule has 1 fully saturated rings. The minimum atomic E-state index is 0.593. The Kier molecular flexibility index (Phi) is 4.61. The predicted octanol–water partition coefficient (Wildman–Crippen LogP) is 2.22. The second-order valence-corrected chi connectivity index (χ2v) is 5.36. The van der Waals surface area contributed by atoms with Gasteiger partial charge in [0.2, 0.25) is 0 Å². The van der Waals surface area contributed by atoms with Gasteiger partial charge >= 0.3 is 0 Å². The number of piperidine rings is 1. The van der Waals surface area contributed by atoms with Crippen LogP contribution in [0.2, 0.25) is 0 Å². The zero-order valence-electron chi connectivity index (χ0n) is 11.7. The standard InChI is InChI=1S/C15H24N2O/c1-17(2)11-12-6-7-15(18-3)14(9-12)13-5-4-8-16-10-13/h6-7,9,13,16H,4-5,8,10-11H2,1-3H3. The molecule has 0 bridgehead atoms. The summed E-state index contributed by atoms with van der Waals surface area (Å²) in [5, 5.41) is 3.48. The molecular weight excluding hydrogens is 224 g/mol. The highest BCUT2D eigenvalue weighted by Gasteiger charge is 2.19. The number of hydrogen-bond donors (Lipinski definition) is 1. The average molecular weight is 248 g/mol. The van der Waals surface area contributed by atoms with Crippen LogP contribution in [0.15, 0.2) is 18.2 Å². The van der Waals surface area contributed by atoms with E-state index in [4.69, 9.17) is 4.74 Å². The first-order chi connectivity index (χ1) is 8.70. The number of benzene rings is 1. The lowest BCUT2D eigenvalue weighted by Crippen LogP contribution is -2.28. The molecule has 1 heterocycles. The first-order valence-corrected chi connectivity index (χ1v) is 6.73. The van der Waals surface area contributed by atoms with Crippen molar-refractivity contribution in [3.8, 4) is 5.75 Å². The summed E-state index contributed by atoms with van der Waals surface area (Å²) in [6.45, 7) is 3.20. The van der Waals surface area contributed by atoms with E-state index in [1.165, 1.54) is 24.0 Å². The summed E-state index contributed by atoms with van der Waals surface area (Å²) in [5.74, 6) is 1.63. The Hall–Kier alpha value is -1.06. The number of methoxy groups -OCH3 is 1. The van der Waals surface area contributed by atoms with Gasteiger partial charge in [0, 0.05) is 19.0 Å².